The van der Waals surface area contributed by atoms with Gasteiger partial charge in [0.05, 0.1) is 12.3 Å². The Kier molecular flexibility index (Phi) is 4.27. The maximum atomic E-state index is 9.62. The molecule has 1 N–H and O–H groups in total. The van der Waals surface area contributed by atoms with Gasteiger partial charge in [0, 0.05) is 42.6 Å². The topological polar surface area (TPSA) is 41.3 Å². The number of anilines is 1. The Morgan fingerprint density at radius 2 is 2.21 bits per heavy atom. The SMILES string of the molecule is C[C@H](O)c1ccc(N(C)Cc2cnn(C)c2)cc1Br. The van der Waals surface area contributed by atoms with E-state index in [9.17, 15) is 5.11 Å². The van der Waals surface area contributed by atoms with E-state index < -0.39 is 6.10 Å². The predicted molar refractivity (Wildman–Crippen MR) is 80.1 cm³/mol. The normalized spacial score (nSPS) is 12.5. The van der Waals surface area contributed by atoms with Crippen LogP contribution in [0.15, 0.2) is 35.1 Å². The molecular weight excluding hydrogens is 306 g/mol. The summed E-state index contributed by atoms with van der Waals surface area (Å²) in [4.78, 5) is 2.15. The van der Waals surface area contributed by atoms with Gasteiger partial charge in [-0.15, -0.1) is 0 Å². The van der Waals surface area contributed by atoms with Gasteiger partial charge in [0.25, 0.3) is 0 Å². The number of aliphatic hydroxyl groups is 1. The van der Waals surface area contributed by atoms with Gasteiger partial charge in [0.1, 0.15) is 0 Å². The minimum Gasteiger partial charge on any atom is -0.389 e. The van der Waals surface area contributed by atoms with Crippen molar-refractivity contribution in [2.75, 3.05) is 11.9 Å². The molecule has 1 aromatic carbocycles. The Balaban J connectivity index is 2.15. The number of aryl methyl sites for hydroxylation is 1. The number of halogens is 1. The second-order valence-corrected chi connectivity index (χ2v) is 5.61. The molecule has 0 aliphatic heterocycles. The van der Waals surface area contributed by atoms with Gasteiger partial charge in [-0.05, 0) is 24.6 Å². The lowest BCUT2D eigenvalue weighted by molar-refractivity contribution is 0.198. The standard InChI is InChI=1S/C14H18BrN3O/c1-10(19)13-5-4-12(6-14(13)15)17(2)8-11-7-16-18(3)9-11/h4-7,9-10,19H,8H2,1-3H3/t10-/m0/s1. The van der Waals surface area contributed by atoms with Crippen LogP contribution in [0.25, 0.3) is 0 Å². The Bertz CT molecular complexity index is 566. The van der Waals surface area contributed by atoms with Crippen molar-refractivity contribution in [2.45, 2.75) is 19.6 Å². The van der Waals surface area contributed by atoms with Crippen LogP contribution in [-0.2, 0) is 13.6 Å². The number of nitrogens with zero attached hydrogens (tertiary/aromatic N) is 3. The lowest BCUT2D eigenvalue weighted by Crippen LogP contribution is -2.16. The molecule has 0 unspecified atom stereocenters. The summed E-state index contributed by atoms with van der Waals surface area (Å²) in [5.74, 6) is 0. The number of aromatic nitrogens is 2. The lowest BCUT2D eigenvalue weighted by atomic mass is 10.1. The van der Waals surface area contributed by atoms with Crippen molar-refractivity contribution in [1.29, 1.82) is 0 Å². The third kappa shape index (κ3) is 3.36. The van der Waals surface area contributed by atoms with Crippen molar-refractivity contribution >= 4 is 21.6 Å². The summed E-state index contributed by atoms with van der Waals surface area (Å²) in [6, 6.07) is 5.99. The zero-order valence-electron chi connectivity index (χ0n) is 11.3. The monoisotopic (exact) mass is 323 g/mol. The molecule has 5 heteroatoms. The first-order valence-electron chi connectivity index (χ1n) is 6.13. The molecular formula is C14H18BrN3O. The molecule has 1 heterocycles. The smallest absolute Gasteiger partial charge is 0.0772 e. The van der Waals surface area contributed by atoms with Crippen LogP contribution in [-0.4, -0.2) is 21.9 Å². The zero-order valence-corrected chi connectivity index (χ0v) is 12.9. The first-order valence-corrected chi connectivity index (χ1v) is 6.93. The highest BCUT2D eigenvalue weighted by atomic mass is 79.9. The molecule has 0 bridgehead atoms. The van der Waals surface area contributed by atoms with Gasteiger partial charge in [-0.2, -0.15) is 5.10 Å². The summed E-state index contributed by atoms with van der Waals surface area (Å²) in [5, 5.41) is 13.8. The molecule has 2 rings (SSSR count). The molecule has 0 saturated carbocycles. The van der Waals surface area contributed by atoms with E-state index in [1.54, 1.807) is 11.6 Å². The Hall–Kier alpha value is -1.33. The van der Waals surface area contributed by atoms with E-state index in [0.29, 0.717) is 0 Å². The van der Waals surface area contributed by atoms with Gasteiger partial charge < -0.3 is 10.0 Å². The highest BCUT2D eigenvalue weighted by Gasteiger charge is 2.09. The average Bonchev–Trinajstić information content (AvgIpc) is 2.74. The van der Waals surface area contributed by atoms with Crippen LogP contribution < -0.4 is 4.90 Å². The van der Waals surface area contributed by atoms with Gasteiger partial charge in [0.2, 0.25) is 0 Å². The number of hydrogen-bond acceptors (Lipinski definition) is 3. The van der Waals surface area contributed by atoms with Crippen molar-refractivity contribution in [3.05, 3.63) is 46.2 Å². The van der Waals surface area contributed by atoms with Crippen LogP contribution in [0.5, 0.6) is 0 Å². The molecule has 19 heavy (non-hydrogen) atoms. The maximum Gasteiger partial charge on any atom is 0.0772 e. The Morgan fingerprint density at radius 1 is 1.47 bits per heavy atom. The van der Waals surface area contributed by atoms with E-state index in [4.69, 9.17) is 0 Å². The molecule has 1 atom stereocenters. The molecule has 2 aromatic rings. The molecule has 0 aliphatic rings. The maximum absolute atomic E-state index is 9.62. The van der Waals surface area contributed by atoms with Crippen LogP contribution in [0.4, 0.5) is 5.69 Å². The highest BCUT2D eigenvalue weighted by Crippen LogP contribution is 2.28. The Labute approximate surface area is 121 Å². The van der Waals surface area contributed by atoms with Crippen molar-refractivity contribution in [3.63, 3.8) is 0 Å². The van der Waals surface area contributed by atoms with Crippen LogP contribution >= 0.6 is 15.9 Å². The predicted octanol–water partition coefficient (Wildman–Crippen LogP) is 2.87. The second-order valence-electron chi connectivity index (χ2n) is 4.76. The summed E-state index contributed by atoms with van der Waals surface area (Å²) in [6.45, 7) is 2.56. The number of hydrogen-bond donors (Lipinski definition) is 1. The lowest BCUT2D eigenvalue weighted by Gasteiger charge is -2.20. The van der Waals surface area contributed by atoms with Crippen LogP contribution in [0.2, 0.25) is 0 Å². The van der Waals surface area contributed by atoms with E-state index in [1.807, 2.05) is 44.7 Å². The summed E-state index contributed by atoms with van der Waals surface area (Å²) in [6.07, 6.45) is 3.41. The molecule has 102 valence electrons. The van der Waals surface area contributed by atoms with Gasteiger partial charge in [0.15, 0.2) is 0 Å². The molecule has 0 amide bonds. The average molecular weight is 324 g/mol. The van der Waals surface area contributed by atoms with Crippen molar-refractivity contribution < 1.29 is 5.11 Å². The molecule has 4 nitrogen and oxygen atoms in total. The number of benzene rings is 1. The van der Waals surface area contributed by atoms with E-state index in [-0.39, 0.29) is 0 Å². The fourth-order valence-electron chi connectivity index (χ4n) is 2.01. The second kappa shape index (κ2) is 5.75. The van der Waals surface area contributed by atoms with Crippen LogP contribution in [0.3, 0.4) is 0 Å². The number of rotatable bonds is 4. The fourth-order valence-corrected chi connectivity index (χ4v) is 2.71. The van der Waals surface area contributed by atoms with E-state index in [2.05, 4.69) is 25.9 Å². The van der Waals surface area contributed by atoms with Crippen LogP contribution in [0.1, 0.15) is 24.2 Å². The van der Waals surface area contributed by atoms with Crippen LogP contribution in [0, 0.1) is 0 Å². The quantitative estimate of drug-likeness (QED) is 0.940. The van der Waals surface area contributed by atoms with Gasteiger partial charge >= 0.3 is 0 Å². The molecule has 0 fully saturated rings. The summed E-state index contributed by atoms with van der Waals surface area (Å²) in [5.41, 5.74) is 3.17. The molecule has 0 radical (unpaired) electrons. The summed E-state index contributed by atoms with van der Waals surface area (Å²) < 4.78 is 2.73. The highest BCUT2D eigenvalue weighted by molar-refractivity contribution is 9.10. The third-order valence-electron chi connectivity index (χ3n) is 3.05. The first-order chi connectivity index (χ1) is 8.97. The number of aliphatic hydroxyl groups excluding tert-OH is 1. The summed E-state index contributed by atoms with van der Waals surface area (Å²) >= 11 is 3.50. The van der Waals surface area contributed by atoms with Gasteiger partial charge in [-0.25, -0.2) is 0 Å². The minimum atomic E-state index is -0.466. The molecule has 1 aromatic heterocycles. The molecule has 0 saturated heterocycles. The molecule has 0 aliphatic carbocycles. The van der Waals surface area contributed by atoms with Gasteiger partial charge in [-0.1, -0.05) is 22.0 Å². The zero-order chi connectivity index (χ0) is 14.0. The third-order valence-corrected chi connectivity index (χ3v) is 3.74. The van der Waals surface area contributed by atoms with E-state index in [1.165, 1.54) is 5.56 Å². The minimum absolute atomic E-state index is 0.466. The van der Waals surface area contributed by atoms with E-state index >= 15 is 0 Å². The fraction of sp³-hybridized carbons (Fsp3) is 0.357. The Morgan fingerprint density at radius 3 is 2.74 bits per heavy atom. The molecule has 0 spiro atoms. The summed E-state index contributed by atoms with van der Waals surface area (Å²) in [7, 11) is 3.95. The van der Waals surface area contributed by atoms with E-state index in [0.717, 1.165) is 22.3 Å². The van der Waals surface area contributed by atoms with Crippen molar-refractivity contribution in [2.24, 2.45) is 7.05 Å². The first kappa shape index (κ1) is 14.1. The van der Waals surface area contributed by atoms with Crippen molar-refractivity contribution in [3.8, 4) is 0 Å². The van der Waals surface area contributed by atoms with Gasteiger partial charge in [-0.3, -0.25) is 4.68 Å². The largest absolute Gasteiger partial charge is 0.389 e. The van der Waals surface area contributed by atoms with Crippen molar-refractivity contribution in [1.82, 2.24) is 9.78 Å².